The van der Waals surface area contributed by atoms with E-state index < -0.39 is 47.3 Å². The number of carbonyl (C=O) groups is 4. The number of ether oxygens (including phenoxy) is 2. The minimum Gasteiger partial charge on any atom is -0.447 e. The molecule has 4 aliphatic heterocycles. The van der Waals surface area contributed by atoms with Crippen molar-refractivity contribution in [3.05, 3.63) is 17.4 Å². The molecule has 2 aromatic rings. The number of hydrogen-bond donors (Lipinski definition) is 2. The number of morpholine rings is 1. The third-order valence-corrected chi connectivity index (χ3v) is 7.26. The number of rotatable bonds is 1. The normalized spacial score (nSPS) is 29.7. The lowest BCUT2D eigenvalue weighted by molar-refractivity contribution is -0.153. The fourth-order valence-corrected chi connectivity index (χ4v) is 5.92. The lowest BCUT2D eigenvalue weighted by Gasteiger charge is -2.55. The molecule has 1 aromatic carbocycles. The fraction of sp³-hybridized carbons (Fsp3) is 0.500. The Kier molecular flexibility index (Phi) is 4.44. The number of fused-ring (bicyclic) bond motifs is 5. The number of cyclic esters (lactones) is 1. The van der Waals surface area contributed by atoms with Crippen LogP contribution in [0.2, 0.25) is 0 Å². The van der Waals surface area contributed by atoms with E-state index >= 15 is 4.39 Å². The first-order chi connectivity index (χ1) is 16.6. The Morgan fingerprint density at radius 2 is 1.86 bits per heavy atom. The molecule has 0 radical (unpaired) electrons. The topological polar surface area (TPSA) is 143 Å². The average molecular weight is 487 g/mol. The van der Waals surface area contributed by atoms with Crippen LogP contribution in [0.15, 0.2) is 10.6 Å². The minimum absolute atomic E-state index is 0.0873. The Hall–Kier alpha value is -3.74. The van der Waals surface area contributed by atoms with E-state index in [1.807, 2.05) is 6.92 Å². The van der Waals surface area contributed by atoms with Gasteiger partial charge < -0.3 is 18.9 Å². The second-order valence-electron chi connectivity index (χ2n) is 9.51. The van der Waals surface area contributed by atoms with Crippen molar-refractivity contribution in [3.8, 4) is 0 Å². The summed E-state index contributed by atoms with van der Waals surface area (Å²) in [6.45, 7) is 5.60. The number of nitrogens with one attached hydrogen (secondary N) is 2. The summed E-state index contributed by atoms with van der Waals surface area (Å²) in [5, 5.41) is 8.55. The van der Waals surface area contributed by atoms with Gasteiger partial charge in [0, 0.05) is 13.0 Å². The monoisotopic (exact) mass is 487 g/mol. The summed E-state index contributed by atoms with van der Waals surface area (Å²) >= 11 is 0. The number of amides is 5. The van der Waals surface area contributed by atoms with Gasteiger partial charge in [-0.2, -0.15) is 0 Å². The Labute approximate surface area is 197 Å². The molecule has 1 aromatic heterocycles. The molecule has 5 amide bonds. The number of hydrogen-bond acceptors (Lipinski definition) is 9. The van der Waals surface area contributed by atoms with Gasteiger partial charge in [-0.3, -0.25) is 25.1 Å². The van der Waals surface area contributed by atoms with Crippen molar-refractivity contribution in [2.24, 2.45) is 5.41 Å². The maximum Gasteiger partial charge on any atom is 0.416 e. The highest BCUT2D eigenvalue weighted by Gasteiger charge is 2.63. The Morgan fingerprint density at radius 1 is 1.14 bits per heavy atom. The van der Waals surface area contributed by atoms with Crippen LogP contribution in [0.25, 0.3) is 11.0 Å². The number of aromatic nitrogens is 1. The molecule has 12 nitrogen and oxygen atoms in total. The van der Waals surface area contributed by atoms with Crippen LogP contribution in [0.1, 0.15) is 26.3 Å². The van der Waals surface area contributed by atoms with Gasteiger partial charge >= 0.3 is 12.1 Å². The molecule has 1 unspecified atom stereocenters. The first-order valence-electron chi connectivity index (χ1n) is 11.3. The van der Waals surface area contributed by atoms with Gasteiger partial charge in [0.15, 0.2) is 17.1 Å². The molecule has 184 valence electrons. The van der Waals surface area contributed by atoms with Crippen LogP contribution < -0.4 is 20.4 Å². The lowest BCUT2D eigenvalue weighted by Crippen LogP contribution is -2.75. The molecule has 0 saturated carbocycles. The maximum absolute atomic E-state index is 16.1. The molecular formula is C22H22FN5O7. The first-order valence-corrected chi connectivity index (χ1v) is 11.3. The lowest BCUT2D eigenvalue weighted by atomic mass is 9.66. The molecule has 2 N–H and O–H groups in total. The molecule has 1 spiro atoms. The van der Waals surface area contributed by atoms with Gasteiger partial charge in [-0.25, -0.2) is 14.0 Å². The zero-order chi connectivity index (χ0) is 24.8. The Balaban J connectivity index is 1.58. The van der Waals surface area contributed by atoms with Crippen molar-refractivity contribution in [3.63, 3.8) is 0 Å². The van der Waals surface area contributed by atoms with Crippen LogP contribution in [-0.4, -0.2) is 66.5 Å². The van der Waals surface area contributed by atoms with E-state index in [1.165, 1.54) is 4.90 Å². The zero-order valence-corrected chi connectivity index (χ0v) is 19.1. The fourth-order valence-electron chi connectivity index (χ4n) is 5.92. The molecule has 5 heterocycles. The van der Waals surface area contributed by atoms with E-state index in [9.17, 15) is 19.2 Å². The van der Waals surface area contributed by atoms with Gasteiger partial charge in [-0.15, -0.1) is 0 Å². The highest BCUT2D eigenvalue weighted by molar-refractivity contribution is 6.20. The quantitative estimate of drug-likeness (QED) is 0.567. The SMILES string of the molecule is CC1O[C@H](C)CN2c3c(cc4c(N5C(=O)OC[C@@H]5C)noc4c3F)CC3(C(=O)NC(=O)NC3=O)[C@@H]12. The summed E-state index contributed by atoms with van der Waals surface area (Å²) in [5.74, 6) is -2.19. The number of anilines is 2. The van der Waals surface area contributed by atoms with Gasteiger partial charge in [0.05, 0.1) is 35.4 Å². The molecule has 0 aliphatic carbocycles. The van der Waals surface area contributed by atoms with Gasteiger partial charge in [-0.1, -0.05) is 5.16 Å². The largest absolute Gasteiger partial charge is 0.447 e. The van der Waals surface area contributed by atoms with Crippen molar-refractivity contribution in [1.82, 2.24) is 15.8 Å². The molecule has 4 aliphatic rings. The molecule has 13 heteroatoms. The number of urea groups is 1. The van der Waals surface area contributed by atoms with Gasteiger partial charge in [-0.05, 0) is 32.4 Å². The second-order valence-corrected chi connectivity index (χ2v) is 9.51. The highest BCUT2D eigenvalue weighted by Crippen LogP contribution is 2.49. The summed E-state index contributed by atoms with van der Waals surface area (Å²) < 4.78 is 32.4. The van der Waals surface area contributed by atoms with E-state index in [4.69, 9.17) is 14.0 Å². The number of carbonyl (C=O) groups excluding carboxylic acids is 4. The third-order valence-electron chi connectivity index (χ3n) is 7.26. The predicted octanol–water partition coefficient (Wildman–Crippen LogP) is 1.20. The van der Waals surface area contributed by atoms with E-state index in [0.29, 0.717) is 5.56 Å². The molecule has 35 heavy (non-hydrogen) atoms. The molecular weight excluding hydrogens is 465 g/mol. The van der Waals surface area contributed by atoms with Crippen LogP contribution in [-0.2, 0) is 25.5 Å². The van der Waals surface area contributed by atoms with Crippen LogP contribution in [0.5, 0.6) is 0 Å². The van der Waals surface area contributed by atoms with Crippen molar-refractivity contribution in [2.45, 2.75) is 51.5 Å². The van der Waals surface area contributed by atoms with Gasteiger partial charge in [0.25, 0.3) is 0 Å². The standard InChI is InChI=1S/C22H22FN5O7/c1-8-7-33-21(32)28(8)17-12-4-11-5-22(18(29)24-20(31)25-19(22)30)16-10(3)34-9(2)6-27(16)14(11)13(23)15(12)35-26-17/h4,8-10,16H,5-7H2,1-3H3,(H2,24,25,29,30,31)/t8-,9+,10?,16+/m0/s1. The van der Waals surface area contributed by atoms with E-state index in [0.717, 1.165) is 0 Å². The maximum atomic E-state index is 16.1. The van der Waals surface area contributed by atoms with Crippen LogP contribution in [0, 0.1) is 11.2 Å². The number of benzene rings is 1. The first kappa shape index (κ1) is 21.8. The van der Waals surface area contributed by atoms with E-state index in [2.05, 4.69) is 15.8 Å². The predicted molar refractivity (Wildman–Crippen MR) is 116 cm³/mol. The third kappa shape index (κ3) is 2.78. The molecule has 6 rings (SSSR count). The summed E-state index contributed by atoms with van der Waals surface area (Å²) in [4.78, 5) is 53.6. The molecule has 0 bridgehead atoms. The summed E-state index contributed by atoms with van der Waals surface area (Å²) in [6, 6.07) is -0.572. The summed E-state index contributed by atoms with van der Waals surface area (Å²) in [6.07, 6.45) is -1.81. The van der Waals surface area contributed by atoms with Crippen molar-refractivity contribution in [2.75, 3.05) is 23.0 Å². The van der Waals surface area contributed by atoms with Crippen LogP contribution in [0.4, 0.5) is 25.5 Å². The van der Waals surface area contributed by atoms with Crippen LogP contribution in [0.3, 0.4) is 0 Å². The average Bonchev–Trinajstić information content (AvgIpc) is 3.33. The summed E-state index contributed by atoms with van der Waals surface area (Å²) in [5.41, 5.74) is -1.39. The zero-order valence-electron chi connectivity index (χ0n) is 19.1. The van der Waals surface area contributed by atoms with Gasteiger partial charge in [0.1, 0.15) is 6.61 Å². The van der Waals surface area contributed by atoms with Crippen molar-refractivity contribution >= 4 is 46.4 Å². The Morgan fingerprint density at radius 3 is 2.51 bits per heavy atom. The van der Waals surface area contributed by atoms with E-state index in [1.54, 1.807) is 24.8 Å². The van der Waals surface area contributed by atoms with Crippen molar-refractivity contribution in [1.29, 1.82) is 0 Å². The van der Waals surface area contributed by atoms with E-state index in [-0.39, 0.29) is 54.2 Å². The summed E-state index contributed by atoms with van der Waals surface area (Å²) in [7, 11) is 0. The number of barbiturate groups is 1. The van der Waals surface area contributed by atoms with Crippen molar-refractivity contribution < 1.29 is 37.6 Å². The second kappa shape index (κ2) is 7.13. The smallest absolute Gasteiger partial charge is 0.416 e. The molecule has 4 atom stereocenters. The number of imide groups is 2. The molecule has 3 fully saturated rings. The minimum atomic E-state index is -1.75. The number of nitrogens with zero attached hydrogens (tertiary/aromatic N) is 3. The van der Waals surface area contributed by atoms with Gasteiger partial charge in [0.2, 0.25) is 17.4 Å². The molecule has 3 saturated heterocycles. The Bertz CT molecular complexity index is 1300. The van der Waals surface area contributed by atoms with Crippen LogP contribution >= 0.6 is 0 Å². The number of halogens is 1. The highest BCUT2D eigenvalue weighted by atomic mass is 19.1.